The highest BCUT2D eigenvalue weighted by Crippen LogP contribution is 2.28. The summed E-state index contributed by atoms with van der Waals surface area (Å²) in [5.41, 5.74) is -0.417. The fourth-order valence-corrected chi connectivity index (χ4v) is 1.63. The predicted octanol–water partition coefficient (Wildman–Crippen LogP) is 2.76. The van der Waals surface area contributed by atoms with Crippen LogP contribution in [-0.2, 0) is 14.3 Å². The van der Waals surface area contributed by atoms with Crippen molar-refractivity contribution in [3.8, 4) is 0 Å². The lowest BCUT2D eigenvalue weighted by Crippen LogP contribution is -2.46. The highest BCUT2D eigenvalue weighted by molar-refractivity contribution is 5.98. The summed E-state index contributed by atoms with van der Waals surface area (Å²) in [6, 6.07) is 0. The zero-order valence-electron chi connectivity index (χ0n) is 13.4. The van der Waals surface area contributed by atoms with Gasteiger partial charge in [0.2, 0.25) is 5.91 Å². The molecule has 0 aliphatic heterocycles. The van der Waals surface area contributed by atoms with Crippen molar-refractivity contribution < 1.29 is 14.3 Å². The molecule has 0 aliphatic carbocycles. The minimum Gasteiger partial charge on any atom is -0.465 e. The Morgan fingerprint density at radius 3 is 2.00 bits per heavy atom. The Kier molecular flexibility index (Phi) is 6.53. The molecule has 1 amide bonds. The normalized spacial score (nSPS) is 13.8. The van der Waals surface area contributed by atoms with Crippen molar-refractivity contribution in [1.82, 2.24) is 5.32 Å². The van der Waals surface area contributed by atoms with Gasteiger partial charge in [0.15, 0.2) is 0 Å². The molecule has 1 atom stereocenters. The molecule has 4 nitrogen and oxygen atoms in total. The van der Waals surface area contributed by atoms with Gasteiger partial charge in [0.05, 0.1) is 6.61 Å². The largest absolute Gasteiger partial charge is 0.465 e. The van der Waals surface area contributed by atoms with Crippen molar-refractivity contribution in [1.29, 1.82) is 0 Å². The number of amides is 1. The van der Waals surface area contributed by atoms with E-state index in [0.717, 1.165) is 6.42 Å². The summed E-state index contributed by atoms with van der Waals surface area (Å²) >= 11 is 0. The van der Waals surface area contributed by atoms with Crippen LogP contribution in [0.15, 0.2) is 0 Å². The molecular weight excluding hydrogens is 242 g/mol. The molecule has 0 rings (SSSR count). The molecule has 0 fully saturated rings. The maximum atomic E-state index is 12.3. The molecule has 0 heterocycles. The summed E-state index contributed by atoms with van der Waals surface area (Å²) < 4.78 is 5.01. The first-order valence-electron chi connectivity index (χ1n) is 6.99. The molecular formula is C15H29NO3. The molecule has 0 saturated carbocycles. The van der Waals surface area contributed by atoms with E-state index in [1.807, 2.05) is 20.8 Å². The summed E-state index contributed by atoms with van der Waals surface area (Å²) in [6.45, 7) is 14.5. The van der Waals surface area contributed by atoms with Crippen LogP contribution in [0.4, 0.5) is 0 Å². The SMILES string of the molecule is CCOC(=O)C(C(=O)NCC(C)(C)CC)C(C)(C)C. The average Bonchev–Trinajstić information content (AvgIpc) is 2.25. The van der Waals surface area contributed by atoms with Crippen molar-refractivity contribution in [2.24, 2.45) is 16.7 Å². The predicted molar refractivity (Wildman–Crippen MR) is 76.7 cm³/mol. The van der Waals surface area contributed by atoms with Gasteiger partial charge >= 0.3 is 5.97 Å². The van der Waals surface area contributed by atoms with Crippen molar-refractivity contribution in [3.05, 3.63) is 0 Å². The van der Waals surface area contributed by atoms with Gasteiger partial charge in [0.25, 0.3) is 0 Å². The van der Waals surface area contributed by atoms with Crippen molar-refractivity contribution in [2.75, 3.05) is 13.2 Å². The Labute approximate surface area is 117 Å². The van der Waals surface area contributed by atoms with Crippen LogP contribution in [0, 0.1) is 16.7 Å². The van der Waals surface area contributed by atoms with E-state index < -0.39 is 17.3 Å². The first-order chi connectivity index (χ1) is 8.55. The lowest BCUT2D eigenvalue weighted by molar-refractivity contribution is -0.156. The van der Waals surface area contributed by atoms with Crippen molar-refractivity contribution in [2.45, 2.75) is 54.9 Å². The standard InChI is InChI=1S/C15H29NO3/c1-8-15(6,7)10-16-12(17)11(14(3,4)5)13(18)19-9-2/h11H,8-10H2,1-7H3,(H,16,17). The zero-order valence-corrected chi connectivity index (χ0v) is 13.4. The number of hydrogen-bond donors (Lipinski definition) is 1. The fourth-order valence-electron chi connectivity index (χ4n) is 1.63. The molecule has 1 N–H and O–H groups in total. The first kappa shape index (κ1) is 17.9. The first-order valence-corrected chi connectivity index (χ1v) is 6.99. The summed E-state index contributed by atoms with van der Waals surface area (Å²) in [7, 11) is 0. The monoisotopic (exact) mass is 271 g/mol. The average molecular weight is 271 g/mol. The Hall–Kier alpha value is -1.06. The van der Waals surface area contributed by atoms with Crippen LogP contribution >= 0.6 is 0 Å². The van der Waals surface area contributed by atoms with Crippen LogP contribution < -0.4 is 5.32 Å². The van der Waals surface area contributed by atoms with Crippen LogP contribution in [0.25, 0.3) is 0 Å². The van der Waals surface area contributed by atoms with Gasteiger partial charge < -0.3 is 10.1 Å². The lowest BCUT2D eigenvalue weighted by Gasteiger charge is -2.30. The summed E-state index contributed by atoms with van der Waals surface area (Å²) in [5.74, 6) is -1.45. The summed E-state index contributed by atoms with van der Waals surface area (Å²) in [6.07, 6.45) is 0.965. The Morgan fingerprint density at radius 2 is 1.63 bits per heavy atom. The number of carbonyl (C=O) groups is 2. The van der Waals surface area contributed by atoms with Gasteiger partial charge in [-0.3, -0.25) is 9.59 Å². The number of hydrogen-bond acceptors (Lipinski definition) is 3. The zero-order chi connectivity index (χ0) is 15.3. The van der Waals surface area contributed by atoms with Crippen LogP contribution in [0.1, 0.15) is 54.9 Å². The molecule has 0 aliphatic rings. The molecule has 0 aromatic heterocycles. The molecule has 0 spiro atoms. The van der Waals surface area contributed by atoms with E-state index in [1.165, 1.54) is 0 Å². The minimum atomic E-state index is -0.764. The van der Waals surface area contributed by atoms with E-state index in [2.05, 4.69) is 26.1 Å². The topological polar surface area (TPSA) is 55.4 Å². The quantitative estimate of drug-likeness (QED) is 0.597. The van der Waals surface area contributed by atoms with Crippen LogP contribution in [-0.4, -0.2) is 25.0 Å². The smallest absolute Gasteiger partial charge is 0.319 e. The van der Waals surface area contributed by atoms with E-state index in [1.54, 1.807) is 6.92 Å². The maximum Gasteiger partial charge on any atom is 0.319 e. The van der Waals surface area contributed by atoms with Crippen molar-refractivity contribution >= 4 is 11.9 Å². The second-order valence-electron chi connectivity index (χ2n) is 6.79. The molecule has 0 saturated heterocycles. The maximum absolute atomic E-state index is 12.3. The third-order valence-electron chi connectivity index (χ3n) is 3.35. The number of carbonyl (C=O) groups excluding carboxylic acids is 2. The van der Waals surface area contributed by atoms with Gasteiger partial charge in [0.1, 0.15) is 5.92 Å². The second kappa shape index (κ2) is 6.92. The molecule has 0 aromatic rings. The lowest BCUT2D eigenvalue weighted by atomic mass is 9.79. The number of nitrogens with one attached hydrogen (secondary N) is 1. The van der Waals surface area contributed by atoms with E-state index in [4.69, 9.17) is 4.74 Å². The van der Waals surface area contributed by atoms with Gasteiger partial charge in [-0.05, 0) is 24.2 Å². The van der Waals surface area contributed by atoms with Gasteiger partial charge in [-0.25, -0.2) is 0 Å². The highest BCUT2D eigenvalue weighted by Gasteiger charge is 2.39. The molecule has 4 heteroatoms. The van der Waals surface area contributed by atoms with Crippen LogP contribution in [0.5, 0.6) is 0 Å². The van der Waals surface area contributed by atoms with E-state index >= 15 is 0 Å². The Bertz CT molecular complexity index is 316. The summed E-state index contributed by atoms with van der Waals surface area (Å²) in [4.78, 5) is 24.2. The number of esters is 1. The molecule has 1 unspecified atom stereocenters. The highest BCUT2D eigenvalue weighted by atomic mass is 16.5. The van der Waals surface area contributed by atoms with Crippen molar-refractivity contribution in [3.63, 3.8) is 0 Å². The molecule has 112 valence electrons. The van der Waals surface area contributed by atoms with Crippen LogP contribution in [0.2, 0.25) is 0 Å². The second-order valence-corrected chi connectivity index (χ2v) is 6.79. The van der Waals surface area contributed by atoms with E-state index in [0.29, 0.717) is 13.2 Å². The van der Waals surface area contributed by atoms with E-state index in [9.17, 15) is 9.59 Å². The Morgan fingerprint density at radius 1 is 1.11 bits per heavy atom. The number of ether oxygens (including phenoxy) is 1. The third-order valence-corrected chi connectivity index (χ3v) is 3.35. The van der Waals surface area contributed by atoms with Gasteiger partial charge in [-0.15, -0.1) is 0 Å². The van der Waals surface area contributed by atoms with Gasteiger partial charge in [0, 0.05) is 6.54 Å². The Balaban J connectivity index is 4.80. The minimum absolute atomic E-state index is 0.0345. The third kappa shape index (κ3) is 6.08. The molecule has 0 bridgehead atoms. The van der Waals surface area contributed by atoms with Gasteiger partial charge in [-0.2, -0.15) is 0 Å². The fraction of sp³-hybridized carbons (Fsp3) is 0.867. The molecule has 19 heavy (non-hydrogen) atoms. The molecule has 0 radical (unpaired) electrons. The summed E-state index contributed by atoms with van der Waals surface area (Å²) in [5, 5.41) is 2.88. The molecule has 0 aromatic carbocycles. The van der Waals surface area contributed by atoms with E-state index in [-0.39, 0.29) is 11.3 Å². The van der Waals surface area contributed by atoms with Gasteiger partial charge in [-0.1, -0.05) is 41.5 Å². The number of rotatable bonds is 6. The van der Waals surface area contributed by atoms with Crippen LogP contribution in [0.3, 0.4) is 0 Å².